The summed E-state index contributed by atoms with van der Waals surface area (Å²) in [6.07, 6.45) is 1.74. The molecule has 5 heteroatoms. The number of rotatable bonds is 2. The Bertz CT molecular complexity index is 1200. The molecular formula is C20H17N3O2. The molecule has 5 nitrogen and oxygen atoms in total. The zero-order valence-electron chi connectivity index (χ0n) is 14.3. The Morgan fingerprint density at radius 1 is 1.12 bits per heavy atom. The van der Waals surface area contributed by atoms with E-state index in [-0.39, 0.29) is 11.3 Å². The summed E-state index contributed by atoms with van der Waals surface area (Å²) >= 11 is 0. The second-order valence-electron chi connectivity index (χ2n) is 6.29. The van der Waals surface area contributed by atoms with Gasteiger partial charge in [-0.05, 0) is 37.1 Å². The molecule has 25 heavy (non-hydrogen) atoms. The first kappa shape index (κ1) is 15.3. The molecule has 0 atom stereocenters. The van der Waals surface area contributed by atoms with E-state index in [4.69, 9.17) is 0 Å². The normalized spacial score (nSPS) is 11.3. The fraction of sp³-hybridized carbons (Fsp3) is 0.150. The maximum absolute atomic E-state index is 13.0. The number of aryl methyl sites for hydroxylation is 2. The molecule has 0 saturated heterocycles. The van der Waals surface area contributed by atoms with Crippen LogP contribution in [0.5, 0.6) is 0 Å². The van der Waals surface area contributed by atoms with E-state index in [0.29, 0.717) is 22.1 Å². The van der Waals surface area contributed by atoms with Crippen LogP contribution < -0.4 is 5.56 Å². The molecule has 0 fully saturated rings. The average molecular weight is 331 g/mol. The van der Waals surface area contributed by atoms with Gasteiger partial charge >= 0.3 is 0 Å². The molecule has 0 spiro atoms. The Kier molecular flexibility index (Phi) is 3.32. The number of hydrogen-bond donors (Lipinski definition) is 0. The van der Waals surface area contributed by atoms with Crippen molar-refractivity contribution in [1.82, 2.24) is 14.2 Å². The highest BCUT2D eigenvalue weighted by molar-refractivity contribution is 6.06. The minimum atomic E-state index is -0.133. The zero-order valence-corrected chi connectivity index (χ0v) is 14.3. The molecule has 0 unspecified atom stereocenters. The predicted octanol–water partition coefficient (Wildman–Crippen LogP) is 3.36. The summed E-state index contributed by atoms with van der Waals surface area (Å²) in [5.74, 6) is -0.0833. The van der Waals surface area contributed by atoms with E-state index in [1.807, 2.05) is 49.4 Å². The number of carbonyl (C=O) groups excluding carboxylic acids is 1. The fourth-order valence-corrected chi connectivity index (χ4v) is 3.36. The van der Waals surface area contributed by atoms with Crippen LogP contribution in [0.25, 0.3) is 27.7 Å². The van der Waals surface area contributed by atoms with Crippen molar-refractivity contribution in [3.05, 3.63) is 70.1 Å². The van der Waals surface area contributed by atoms with Gasteiger partial charge in [-0.25, -0.2) is 4.52 Å². The third-order valence-corrected chi connectivity index (χ3v) is 4.53. The molecule has 124 valence electrons. The van der Waals surface area contributed by atoms with Crippen molar-refractivity contribution in [2.45, 2.75) is 13.8 Å². The summed E-state index contributed by atoms with van der Waals surface area (Å²) in [6, 6.07) is 13.4. The second kappa shape index (κ2) is 5.41. The summed E-state index contributed by atoms with van der Waals surface area (Å²) in [5, 5.41) is 5.01. The van der Waals surface area contributed by atoms with E-state index >= 15 is 0 Å². The zero-order chi connectivity index (χ0) is 17.7. The minimum Gasteiger partial charge on any atom is -0.295 e. The molecule has 2 aromatic carbocycles. The molecule has 2 aromatic heterocycles. The topological polar surface area (TPSA) is 56.4 Å². The highest BCUT2D eigenvalue weighted by Gasteiger charge is 2.19. The van der Waals surface area contributed by atoms with Crippen LogP contribution in [0.1, 0.15) is 22.8 Å². The van der Waals surface area contributed by atoms with Gasteiger partial charge in [0.25, 0.3) is 5.56 Å². The van der Waals surface area contributed by atoms with Gasteiger partial charge in [-0.2, -0.15) is 5.10 Å². The summed E-state index contributed by atoms with van der Waals surface area (Å²) in [4.78, 5) is 25.1. The Balaban J connectivity index is 2.25. The highest BCUT2D eigenvalue weighted by Crippen LogP contribution is 2.27. The average Bonchev–Trinajstić information content (AvgIpc) is 3.04. The molecule has 0 aliphatic carbocycles. The Morgan fingerprint density at radius 3 is 2.52 bits per heavy atom. The van der Waals surface area contributed by atoms with Gasteiger partial charge in [0.2, 0.25) is 0 Å². The third-order valence-electron chi connectivity index (χ3n) is 4.53. The van der Waals surface area contributed by atoms with Crippen LogP contribution in [-0.4, -0.2) is 20.0 Å². The monoisotopic (exact) mass is 331 g/mol. The number of aromatic nitrogens is 3. The molecule has 4 rings (SSSR count). The quantitative estimate of drug-likeness (QED) is 0.529. The standard InChI is InChI=1S/C20H17N3O2/c1-12-9-15(13(2)24)18-16(10-12)20(25)22(3)19-17(11-21-23(18)19)14-7-5-4-6-8-14/h4-11H,1-3H3. The van der Waals surface area contributed by atoms with Crippen LogP contribution in [0.4, 0.5) is 0 Å². The van der Waals surface area contributed by atoms with E-state index in [2.05, 4.69) is 5.10 Å². The van der Waals surface area contributed by atoms with Crippen molar-refractivity contribution in [2.75, 3.05) is 0 Å². The molecule has 0 amide bonds. The SMILES string of the molecule is CC(=O)c1cc(C)cc2c(=O)n(C)c3c(-c4ccccc4)cnn3c12. The molecule has 0 bridgehead atoms. The minimum absolute atomic E-state index is 0.0833. The van der Waals surface area contributed by atoms with Crippen molar-refractivity contribution in [2.24, 2.45) is 7.05 Å². The van der Waals surface area contributed by atoms with Crippen LogP contribution in [0.15, 0.2) is 53.5 Å². The summed E-state index contributed by atoms with van der Waals surface area (Å²) in [7, 11) is 1.74. The fourth-order valence-electron chi connectivity index (χ4n) is 3.36. The lowest BCUT2D eigenvalue weighted by Gasteiger charge is -2.12. The number of benzene rings is 2. The Morgan fingerprint density at radius 2 is 1.84 bits per heavy atom. The van der Waals surface area contributed by atoms with Crippen molar-refractivity contribution in [1.29, 1.82) is 0 Å². The molecule has 0 saturated carbocycles. The molecule has 4 aromatic rings. The van der Waals surface area contributed by atoms with Crippen LogP contribution in [0.2, 0.25) is 0 Å². The van der Waals surface area contributed by atoms with E-state index in [1.165, 1.54) is 6.92 Å². The van der Waals surface area contributed by atoms with Gasteiger partial charge in [-0.1, -0.05) is 30.3 Å². The Labute approximate surface area is 144 Å². The summed E-state index contributed by atoms with van der Waals surface area (Å²) in [5.41, 5.74) is 4.34. The molecular weight excluding hydrogens is 314 g/mol. The highest BCUT2D eigenvalue weighted by atomic mass is 16.1. The first-order chi connectivity index (χ1) is 12.0. The predicted molar refractivity (Wildman–Crippen MR) is 98.1 cm³/mol. The third kappa shape index (κ3) is 2.20. The van der Waals surface area contributed by atoms with Crippen LogP contribution in [0.3, 0.4) is 0 Å². The number of Topliss-reactive ketones (excluding diaryl/α,β-unsaturated/α-hetero) is 1. The number of fused-ring (bicyclic) bond motifs is 3. The van der Waals surface area contributed by atoms with Gasteiger partial charge in [-0.15, -0.1) is 0 Å². The molecule has 0 N–H and O–H groups in total. The first-order valence-electron chi connectivity index (χ1n) is 8.06. The van der Waals surface area contributed by atoms with Gasteiger partial charge in [-0.3, -0.25) is 14.2 Å². The number of ketones is 1. The van der Waals surface area contributed by atoms with E-state index in [1.54, 1.807) is 22.3 Å². The largest absolute Gasteiger partial charge is 0.295 e. The Hall–Kier alpha value is -3.21. The van der Waals surface area contributed by atoms with Crippen molar-refractivity contribution < 1.29 is 4.79 Å². The lowest BCUT2D eigenvalue weighted by Crippen LogP contribution is -2.21. The molecule has 2 heterocycles. The van der Waals surface area contributed by atoms with Crippen LogP contribution in [-0.2, 0) is 7.05 Å². The maximum atomic E-state index is 13.0. The van der Waals surface area contributed by atoms with Gasteiger partial charge in [0, 0.05) is 18.2 Å². The first-order valence-corrected chi connectivity index (χ1v) is 8.06. The number of nitrogens with zero attached hydrogens (tertiary/aromatic N) is 3. The smallest absolute Gasteiger partial charge is 0.261 e. The van der Waals surface area contributed by atoms with Gasteiger partial charge in [0.05, 0.1) is 17.1 Å². The van der Waals surface area contributed by atoms with Crippen LogP contribution >= 0.6 is 0 Å². The molecule has 0 aliphatic heterocycles. The van der Waals surface area contributed by atoms with Gasteiger partial charge < -0.3 is 0 Å². The van der Waals surface area contributed by atoms with Crippen LogP contribution in [0, 0.1) is 6.92 Å². The number of carbonyl (C=O) groups is 1. The molecule has 0 radical (unpaired) electrons. The second-order valence-corrected chi connectivity index (χ2v) is 6.29. The summed E-state index contributed by atoms with van der Waals surface area (Å²) in [6.45, 7) is 3.40. The summed E-state index contributed by atoms with van der Waals surface area (Å²) < 4.78 is 3.30. The van der Waals surface area contributed by atoms with E-state index < -0.39 is 0 Å². The lowest BCUT2D eigenvalue weighted by molar-refractivity contribution is 0.101. The van der Waals surface area contributed by atoms with E-state index in [9.17, 15) is 9.59 Å². The van der Waals surface area contributed by atoms with Gasteiger partial charge in [0.15, 0.2) is 5.78 Å². The van der Waals surface area contributed by atoms with Crippen molar-refractivity contribution >= 4 is 22.3 Å². The maximum Gasteiger partial charge on any atom is 0.261 e. The van der Waals surface area contributed by atoms with E-state index in [0.717, 1.165) is 16.7 Å². The molecule has 0 aliphatic rings. The lowest BCUT2D eigenvalue weighted by atomic mass is 10.0. The van der Waals surface area contributed by atoms with Crippen molar-refractivity contribution in [3.63, 3.8) is 0 Å². The number of hydrogen-bond acceptors (Lipinski definition) is 3. The van der Waals surface area contributed by atoms with Gasteiger partial charge in [0.1, 0.15) is 5.65 Å². The van der Waals surface area contributed by atoms with Crippen molar-refractivity contribution in [3.8, 4) is 11.1 Å².